The molecule has 6 heteroatoms. The van der Waals surface area contributed by atoms with Gasteiger partial charge in [0.15, 0.2) is 0 Å². The third-order valence-corrected chi connectivity index (χ3v) is 2.52. The summed E-state index contributed by atoms with van der Waals surface area (Å²) in [7, 11) is 0. The van der Waals surface area contributed by atoms with E-state index in [0.717, 1.165) is 0 Å². The van der Waals surface area contributed by atoms with Crippen LogP contribution >= 0.6 is 0 Å². The number of benzene rings is 1. The van der Waals surface area contributed by atoms with E-state index in [0.29, 0.717) is 24.3 Å². The predicted molar refractivity (Wildman–Crippen MR) is 57.4 cm³/mol. The summed E-state index contributed by atoms with van der Waals surface area (Å²) >= 11 is 0. The molecule has 17 heavy (non-hydrogen) atoms. The lowest BCUT2D eigenvalue weighted by Crippen LogP contribution is -2.36. The molecule has 0 atom stereocenters. The van der Waals surface area contributed by atoms with Crippen molar-refractivity contribution in [2.24, 2.45) is 5.84 Å². The first-order chi connectivity index (χ1) is 8.20. The van der Waals surface area contributed by atoms with E-state index < -0.39 is 11.7 Å². The largest absolute Gasteiger partial charge is 0.376 e. The molecule has 1 saturated heterocycles. The molecule has 3 N–H and O–H groups in total. The highest BCUT2D eigenvalue weighted by molar-refractivity contribution is 5.93. The van der Waals surface area contributed by atoms with Crippen LogP contribution in [-0.2, 0) is 16.1 Å². The van der Waals surface area contributed by atoms with Crippen molar-refractivity contribution in [3.8, 4) is 0 Å². The predicted octanol–water partition coefficient (Wildman–Crippen LogP) is 0.345. The number of carbonyl (C=O) groups is 1. The Balaban J connectivity index is 2.05. The molecule has 1 fully saturated rings. The smallest absolute Gasteiger partial charge is 0.265 e. The van der Waals surface area contributed by atoms with E-state index in [9.17, 15) is 9.18 Å². The van der Waals surface area contributed by atoms with Gasteiger partial charge in [0, 0.05) is 11.1 Å². The number of nitrogens with one attached hydrogen (secondary N) is 1. The molecule has 0 aromatic heterocycles. The van der Waals surface area contributed by atoms with Crippen LogP contribution in [0.15, 0.2) is 18.2 Å². The topological polar surface area (TPSA) is 73.6 Å². The van der Waals surface area contributed by atoms with Crippen molar-refractivity contribution in [1.29, 1.82) is 0 Å². The Bertz CT molecular complexity index is 421. The van der Waals surface area contributed by atoms with Crippen molar-refractivity contribution >= 4 is 5.91 Å². The van der Waals surface area contributed by atoms with Crippen LogP contribution in [0.4, 0.5) is 4.39 Å². The molecule has 1 aromatic rings. The number of hydrogen-bond donors (Lipinski definition) is 2. The molecule has 1 aromatic carbocycles. The average molecular weight is 240 g/mol. The van der Waals surface area contributed by atoms with Gasteiger partial charge in [-0.05, 0) is 18.2 Å². The summed E-state index contributed by atoms with van der Waals surface area (Å²) < 4.78 is 23.8. The third-order valence-electron chi connectivity index (χ3n) is 2.52. The lowest BCUT2D eigenvalue weighted by Gasteiger charge is -2.26. The zero-order chi connectivity index (χ0) is 12.3. The van der Waals surface area contributed by atoms with E-state index >= 15 is 0 Å². The normalized spacial score (nSPS) is 15.4. The molecule has 1 amide bonds. The summed E-state index contributed by atoms with van der Waals surface area (Å²) in [4.78, 5) is 11.3. The standard InChI is InChI=1S/C11H13FN2O3/c12-10-2-1-7(11(15)14-13)3-8(10)4-17-9-5-16-6-9/h1-3,9H,4-6,13H2,(H,14,15). The van der Waals surface area contributed by atoms with Gasteiger partial charge in [0.1, 0.15) is 11.9 Å². The Hall–Kier alpha value is -1.50. The number of nitrogen functional groups attached to an aromatic ring is 1. The highest BCUT2D eigenvalue weighted by atomic mass is 19.1. The summed E-state index contributed by atoms with van der Waals surface area (Å²) in [6.07, 6.45) is 0.0152. The van der Waals surface area contributed by atoms with Crippen LogP contribution in [0.25, 0.3) is 0 Å². The Labute approximate surface area is 97.7 Å². The molecule has 5 nitrogen and oxygen atoms in total. The summed E-state index contributed by atoms with van der Waals surface area (Å²) in [5.41, 5.74) is 2.63. The van der Waals surface area contributed by atoms with Crippen LogP contribution in [0.1, 0.15) is 15.9 Å². The number of amides is 1. The molecule has 1 aliphatic heterocycles. The summed E-state index contributed by atoms with van der Waals surface area (Å²) in [5.74, 6) is 4.14. The fourth-order valence-electron chi connectivity index (χ4n) is 1.43. The Morgan fingerprint density at radius 2 is 2.35 bits per heavy atom. The number of hydrazine groups is 1. The Morgan fingerprint density at radius 1 is 1.59 bits per heavy atom. The van der Waals surface area contributed by atoms with Crippen LogP contribution in [-0.4, -0.2) is 25.2 Å². The van der Waals surface area contributed by atoms with Crippen LogP contribution < -0.4 is 11.3 Å². The van der Waals surface area contributed by atoms with Crippen LogP contribution in [0, 0.1) is 5.82 Å². The van der Waals surface area contributed by atoms with Gasteiger partial charge in [-0.1, -0.05) is 0 Å². The minimum absolute atomic E-state index is 0.0152. The van der Waals surface area contributed by atoms with Crippen LogP contribution in [0.3, 0.4) is 0 Å². The van der Waals surface area contributed by atoms with Crippen molar-refractivity contribution in [2.45, 2.75) is 12.7 Å². The van der Waals surface area contributed by atoms with Gasteiger partial charge in [0.05, 0.1) is 19.8 Å². The summed E-state index contributed by atoms with van der Waals surface area (Å²) in [5, 5.41) is 0. The molecule has 0 unspecified atom stereocenters. The van der Waals surface area contributed by atoms with Gasteiger partial charge < -0.3 is 9.47 Å². The van der Waals surface area contributed by atoms with Gasteiger partial charge in [-0.15, -0.1) is 0 Å². The van der Waals surface area contributed by atoms with Crippen molar-refractivity contribution in [1.82, 2.24) is 5.43 Å². The van der Waals surface area contributed by atoms with E-state index in [4.69, 9.17) is 15.3 Å². The van der Waals surface area contributed by atoms with Crippen molar-refractivity contribution in [3.63, 3.8) is 0 Å². The maximum Gasteiger partial charge on any atom is 0.265 e. The molecule has 92 valence electrons. The van der Waals surface area contributed by atoms with Gasteiger partial charge in [0.25, 0.3) is 5.91 Å². The molecule has 0 spiro atoms. The molecule has 2 rings (SSSR count). The van der Waals surface area contributed by atoms with E-state index in [1.165, 1.54) is 18.2 Å². The first-order valence-corrected chi connectivity index (χ1v) is 5.19. The second-order valence-electron chi connectivity index (χ2n) is 3.75. The molecule has 1 aliphatic rings. The lowest BCUT2D eigenvalue weighted by molar-refractivity contribution is -0.135. The molecular weight excluding hydrogens is 227 g/mol. The molecule has 0 bridgehead atoms. The highest BCUT2D eigenvalue weighted by Gasteiger charge is 2.19. The quantitative estimate of drug-likeness (QED) is 0.452. The first-order valence-electron chi connectivity index (χ1n) is 5.19. The van der Waals surface area contributed by atoms with Crippen molar-refractivity contribution < 1.29 is 18.7 Å². The fraction of sp³-hybridized carbons (Fsp3) is 0.364. The minimum Gasteiger partial charge on any atom is -0.376 e. The van der Waals surface area contributed by atoms with Crippen molar-refractivity contribution in [2.75, 3.05) is 13.2 Å². The lowest BCUT2D eigenvalue weighted by atomic mass is 10.1. The maximum absolute atomic E-state index is 13.4. The number of carbonyl (C=O) groups excluding carboxylic acids is 1. The third kappa shape index (κ3) is 2.79. The van der Waals surface area contributed by atoms with Crippen LogP contribution in [0.5, 0.6) is 0 Å². The molecule has 1 heterocycles. The second-order valence-corrected chi connectivity index (χ2v) is 3.75. The molecular formula is C11H13FN2O3. The number of nitrogens with two attached hydrogens (primary N) is 1. The van der Waals surface area contributed by atoms with Gasteiger partial charge in [-0.25, -0.2) is 10.2 Å². The van der Waals surface area contributed by atoms with E-state index in [2.05, 4.69) is 0 Å². The van der Waals surface area contributed by atoms with Crippen molar-refractivity contribution in [3.05, 3.63) is 35.1 Å². The minimum atomic E-state index is -0.460. The number of halogens is 1. The first kappa shape index (κ1) is 12.0. The second kappa shape index (κ2) is 5.22. The van der Waals surface area contributed by atoms with Gasteiger partial charge in [-0.2, -0.15) is 0 Å². The summed E-state index contributed by atoms with van der Waals surface area (Å²) in [6, 6.07) is 4.02. The molecule has 0 saturated carbocycles. The Kier molecular flexibility index (Phi) is 3.68. The summed E-state index contributed by atoms with van der Waals surface area (Å²) in [6.45, 7) is 1.18. The molecule has 0 aliphatic carbocycles. The zero-order valence-corrected chi connectivity index (χ0v) is 9.11. The van der Waals surface area contributed by atoms with Gasteiger partial charge >= 0.3 is 0 Å². The fourth-order valence-corrected chi connectivity index (χ4v) is 1.43. The Morgan fingerprint density at radius 3 is 2.94 bits per heavy atom. The van der Waals surface area contributed by atoms with E-state index in [1.54, 1.807) is 0 Å². The number of ether oxygens (including phenoxy) is 2. The SMILES string of the molecule is NNC(=O)c1ccc(F)c(COC2COC2)c1. The zero-order valence-electron chi connectivity index (χ0n) is 9.11. The average Bonchev–Trinajstić information content (AvgIpc) is 2.28. The number of hydrogen-bond acceptors (Lipinski definition) is 4. The van der Waals surface area contributed by atoms with Gasteiger partial charge in [-0.3, -0.25) is 10.2 Å². The molecule has 0 radical (unpaired) electrons. The highest BCUT2D eigenvalue weighted by Crippen LogP contribution is 2.15. The van der Waals surface area contributed by atoms with E-state index in [1.807, 2.05) is 5.43 Å². The monoisotopic (exact) mass is 240 g/mol. The van der Waals surface area contributed by atoms with E-state index in [-0.39, 0.29) is 12.7 Å². The maximum atomic E-state index is 13.4. The number of rotatable bonds is 4. The van der Waals surface area contributed by atoms with Crippen LogP contribution in [0.2, 0.25) is 0 Å². The van der Waals surface area contributed by atoms with Gasteiger partial charge in [0.2, 0.25) is 0 Å².